The van der Waals surface area contributed by atoms with Crippen LogP contribution in [0.3, 0.4) is 0 Å². The van der Waals surface area contributed by atoms with Gasteiger partial charge in [0, 0.05) is 0 Å². The predicted octanol–water partition coefficient (Wildman–Crippen LogP) is 3.56. The molecule has 1 fully saturated rings. The molecule has 1 heterocycles. The van der Waals surface area contributed by atoms with Gasteiger partial charge in [0.2, 0.25) is 11.7 Å². The molecule has 0 saturated heterocycles. The van der Waals surface area contributed by atoms with E-state index in [1.807, 2.05) is 0 Å². The molecule has 1 aliphatic carbocycles. The van der Waals surface area contributed by atoms with Crippen molar-refractivity contribution in [3.63, 3.8) is 0 Å². The van der Waals surface area contributed by atoms with Crippen LogP contribution in [0.15, 0.2) is 59.0 Å². The van der Waals surface area contributed by atoms with Crippen molar-refractivity contribution in [2.45, 2.75) is 63.0 Å². The van der Waals surface area contributed by atoms with E-state index in [4.69, 9.17) is 9.15 Å². The Morgan fingerprint density at radius 3 is 2.32 bits per heavy atom. The summed E-state index contributed by atoms with van der Waals surface area (Å²) in [5.74, 6) is -2.45. The molecule has 1 aliphatic rings. The molecule has 1 saturated carbocycles. The van der Waals surface area contributed by atoms with Crippen molar-refractivity contribution in [1.82, 2.24) is 15.6 Å². The third-order valence-electron chi connectivity index (χ3n) is 6.15. The summed E-state index contributed by atoms with van der Waals surface area (Å²) in [5, 5.41) is 5.09. The molecule has 0 aliphatic heterocycles. The normalized spacial score (nSPS) is 15.8. The van der Waals surface area contributed by atoms with E-state index in [-0.39, 0.29) is 11.6 Å². The number of hydrogen-bond donors (Lipinski definition) is 2. The Morgan fingerprint density at radius 2 is 1.71 bits per heavy atom. The van der Waals surface area contributed by atoms with Gasteiger partial charge in [-0.3, -0.25) is 9.59 Å². The number of ketones is 1. The number of Topliss-reactive ketones (excluding diaryl/α,β-unsaturated/α-hetero) is 1. The number of carbonyl (C=O) groups excluding carboxylic acids is 3. The highest BCUT2D eigenvalue weighted by Crippen LogP contribution is 2.35. The van der Waals surface area contributed by atoms with Crippen LogP contribution >= 0.6 is 0 Å². The zero-order valence-electron chi connectivity index (χ0n) is 21.5. The number of ether oxygens (including phenoxy) is 1. The van der Waals surface area contributed by atoms with Crippen LogP contribution in [-0.4, -0.2) is 54.1 Å². The van der Waals surface area contributed by atoms with Crippen molar-refractivity contribution in [2.24, 2.45) is 0 Å². The van der Waals surface area contributed by atoms with Gasteiger partial charge in [0.1, 0.15) is 22.7 Å². The maximum atomic E-state index is 13.4. The van der Waals surface area contributed by atoms with Gasteiger partial charge in [0.15, 0.2) is 15.4 Å². The standard InChI is InChI=1S/C27H31N3O7S/c1-26(2,3)37-25(33)29-20(17-38(34,35)16-18-10-5-4-6-11-18)23(32)30-27(14-9-15-27)22(31)24-28-19-12-7-8-13-21(19)36-24/h4-8,10-13,20H,9,14-17H2,1-3H3,(H,29,33)(H,30,32)/t20-/m0/s1. The zero-order valence-corrected chi connectivity index (χ0v) is 22.3. The van der Waals surface area contributed by atoms with Crippen LogP contribution < -0.4 is 10.6 Å². The van der Waals surface area contributed by atoms with E-state index in [2.05, 4.69) is 15.6 Å². The molecule has 3 aromatic rings. The van der Waals surface area contributed by atoms with Crippen LogP contribution in [0.4, 0.5) is 4.79 Å². The van der Waals surface area contributed by atoms with Crippen LogP contribution in [0.25, 0.3) is 11.1 Å². The van der Waals surface area contributed by atoms with Gasteiger partial charge in [0.05, 0.1) is 11.5 Å². The topological polar surface area (TPSA) is 145 Å². The number of amides is 2. The van der Waals surface area contributed by atoms with E-state index in [0.717, 1.165) is 0 Å². The van der Waals surface area contributed by atoms with Crippen LogP contribution in [0.1, 0.15) is 56.3 Å². The molecular formula is C27H31N3O7S. The maximum Gasteiger partial charge on any atom is 0.408 e. The van der Waals surface area contributed by atoms with Crippen molar-refractivity contribution >= 4 is 38.7 Å². The number of hydrogen-bond acceptors (Lipinski definition) is 8. The Hall–Kier alpha value is -3.73. The van der Waals surface area contributed by atoms with Gasteiger partial charge in [-0.1, -0.05) is 42.5 Å². The Morgan fingerprint density at radius 1 is 1.05 bits per heavy atom. The minimum atomic E-state index is -3.85. The van der Waals surface area contributed by atoms with Gasteiger partial charge in [-0.15, -0.1) is 0 Å². The highest BCUT2D eigenvalue weighted by Gasteiger charge is 2.49. The highest BCUT2D eigenvalue weighted by molar-refractivity contribution is 7.90. The summed E-state index contributed by atoms with van der Waals surface area (Å²) >= 11 is 0. The number of aromatic nitrogens is 1. The number of nitrogens with zero attached hydrogens (tertiary/aromatic N) is 1. The van der Waals surface area contributed by atoms with Gasteiger partial charge >= 0.3 is 6.09 Å². The fraction of sp³-hybridized carbons (Fsp3) is 0.407. The lowest BCUT2D eigenvalue weighted by molar-refractivity contribution is -0.125. The zero-order chi connectivity index (χ0) is 27.6. The number of carbonyl (C=O) groups is 3. The molecule has 4 rings (SSSR count). The van der Waals surface area contributed by atoms with E-state index < -0.39 is 50.6 Å². The molecule has 2 N–H and O–H groups in total. The van der Waals surface area contributed by atoms with E-state index in [1.54, 1.807) is 75.4 Å². The smallest absolute Gasteiger partial charge is 0.408 e. The Labute approximate surface area is 221 Å². The van der Waals surface area contributed by atoms with Crippen LogP contribution in [0, 0.1) is 0 Å². The Balaban J connectivity index is 1.55. The number of alkyl carbamates (subject to hydrolysis) is 1. The fourth-order valence-corrected chi connectivity index (χ4v) is 5.77. The SMILES string of the molecule is CC(C)(C)OC(=O)N[C@@H](CS(=O)(=O)Cc1ccccc1)C(=O)NC1(C(=O)c2nc3ccccc3o2)CCC1. The number of sulfone groups is 1. The second-order valence-electron chi connectivity index (χ2n) is 10.5. The second kappa shape index (κ2) is 10.6. The minimum absolute atomic E-state index is 0.139. The van der Waals surface area contributed by atoms with Gasteiger partial charge in [-0.05, 0) is 57.7 Å². The maximum absolute atomic E-state index is 13.4. The summed E-state index contributed by atoms with van der Waals surface area (Å²) in [7, 11) is -3.85. The first kappa shape index (κ1) is 27.3. The molecule has 10 nitrogen and oxygen atoms in total. The third kappa shape index (κ3) is 6.58. The molecular weight excluding hydrogens is 510 g/mol. The van der Waals surface area contributed by atoms with Crippen molar-refractivity contribution in [3.8, 4) is 0 Å². The summed E-state index contributed by atoms with van der Waals surface area (Å²) in [6.45, 7) is 4.95. The predicted molar refractivity (Wildman–Crippen MR) is 140 cm³/mol. The fourth-order valence-electron chi connectivity index (χ4n) is 4.21. The highest BCUT2D eigenvalue weighted by atomic mass is 32.2. The van der Waals surface area contributed by atoms with Gasteiger partial charge in [0.25, 0.3) is 5.89 Å². The molecule has 2 amide bonds. The van der Waals surface area contributed by atoms with E-state index >= 15 is 0 Å². The lowest BCUT2D eigenvalue weighted by Gasteiger charge is -2.40. The number of nitrogens with one attached hydrogen (secondary N) is 2. The van der Waals surface area contributed by atoms with Crippen LogP contribution in [-0.2, 0) is 25.1 Å². The van der Waals surface area contributed by atoms with Gasteiger partial charge < -0.3 is 19.8 Å². The minimum Gasteiger partial charge on any atom is -0.444 e. The van der Waals surface area contributed by atoms with E-state index in [0.29, 0.717) is 35.9 Å². The lowest BCUT2D eigenvalue weighted by Crippen LogP contribution is -2.63. The second-order valence-corrected chi connectivity index (χ2v) is 12.6. The van der Waals surface area contributed by atoms with Crippen molar-refractivity contribution < 1.29 is 32.0 Å². The molecule has 38 heavy (non-hydrogen) atoms. The molecule has 1 aromatic heterocycles. The summed E-state index contributed by atoms with van der Waals surface area (Å²) in [6.07, 6.45) is 0.377. The molecule has 0 spiro atoms. The molecule has 0 unspecified atom stereocenters. The Bertz CT molecular complexity index is 1410. The number of benzene rings is 2. The molecule has 0 radical (unpaired) electrons. The first-order valence-electron chi connectivity index (χ1n) is 12.3. The average molecular weight is 542 g/mol. The van der Waals surface area contributed by atoms with E-state index in [1.165, 1.54) is 0 Å². The van der Waals surface area contributed by atoms with Gasteiger partial charge in [-0.2, -0.15) is 0 Å². The number of fused-ring (bicyclic) bond motifs is 1. The molecule has 0 bridgehead atoms. The molecule has 202 valence electrons. The molecule has 1 atom stereocenters. The number of rotatable bonds is 9. The summed E-state index contributed by atoms with van der Waals surface area (Å²) < 4.78 is 36.9. The van der Waals surface area contributed by atoms with Crippen LogP contribution in [0.5, 0.6) is 0 Å². The van der Waals surface area contributed by atoms with E-state index in [9.17, 15) is 22.8 Å². The van der Waals surface area contributed by atoms with Crippen molar-refractivity contribution in [2.75, 3.05) is 5.75 Å². The van der Waals surface area contributed by atoms with Crippen molar-refractivity contribution in [1.29, 1.82) is 0 Å². The van der Waals surface area contributed by atoms with Gasteiger partial charge in [-0.25, -0.2) is 18.2 Å². The Kier molecular flexibility index (Phi) is 7.59. The quantitative estimate of drug-likeness (QED) is 0.391. The first-order valence-corrected chi connectivity index (χ1v) is 14.1. The summed E-state index contributed by atoms with van der Waals surface area (Å²) in [5.41, 5.74) is -0.687. The first-order chi connectivity index (χ1) is 17.9. The van der Waals surface area contributed by atoms with Crippen molar-refractivity contribution in [3.05, 3.63) is 66.1 Å². The number of oxazole rings is 1. The third-order valence-corrected chi connectivity index (χ3v) is 7.76. The molecule has 2 aromatic carbocycles. The lowest BCUT2D eigenvalue weighted by atomic mass is 9.73. The summed E-state index contributed by atoms with van der Waals surface area (Å²) in [6, 6.07) is 13.9. The molecule has 11 heteroatoms. The largest absolute Gasteiger partial charge is 0.444 e. The monoisotopic (exact) mass is 541 g/mol. The van der Waals surface area contributed by atoms with Crippen LogP contribution in [0.2, 0.25) is 0 Å². The number of para-hydroxylation sites is 2. The summed E-state index contributed by atoms with van der Waals surface area (Å²) in [4.78, 5) is 43.6. The average Bonchev–Trinajstić information content (AvgIpc) is 3.23.